The highest BCUT2D eigenvalue weighted by atomic mass is 16.4. The molecule has 3 aromatic rings. The van der Waals surface area contributed by atoms with E-state index < -0.39 is 11.5 Å². The molecule has 0 radical (unpaired) electrons. The highest BCUT2D eigenvalue weighted by molar-refractivity contribution is 5.95. The van der Waals surface area contributed by atoms with E-state index in [2.05, 4.69) is 10.6 Å². The fourth-order valence-electron chi connectivity index (χ4n) is 3.84. The number of nitrogens with one attached hydrogen (secondary N) is 3. The third kappa shape index (κ3) is 4.86. The van der Waals surface area contributed by atoms with Gasteiger partial charge in [0.1, 0.15) is 17.2 Å². The van der Waals surface area contributed by atoms with Crippen molar-refractivity contribution >= 4 is 34.4 Å². The lowest BCUT2D eigenvalue weighted by Gasteiger charge is -2.33. The molecule has 1 aromatic heterocycles. The van der Waals surface area contributed by atoms with Crippen LogP contribution >= 0.6 is 0 Å². The SMILES string of the molecule is CCN(C)C(=O)[C@@](C)(NCC(=O)O)c1cccc2c1nc(CNc1ccc(C(=N)N)cc1)n2C. The summed E-state index contributed by atoms with van der Waals surface area (Å²) in [6.45, 7) is 4.10. The maximum atomic E-state index is 13.3. The average Bonchev–Trinajstić information content (AvgIpc) is 3.15. The number of para-hydroxylation sites is 1. The second-order valence-corrected chi connectivity index (χ2v) is 8.30. The minimum absolute atomic E-state index is 0.0113. The van der Waals surface area contributed by atoms with E-state index in [0.29, 0.717) is 29.7 Å². The molecule has 0 saturated heterocycles. The molecule has 6 N–H and O–H groups in total. The molecular formula is C24H31N7O3. The fraction of sp³-hybridized carbons (Fsp3) is 0.333. The quantitative estimate of drug-likeness (QED) is 0.226. The lowest BCUT2D eigenvalue weighted by molar-refractivity contribution is -0.139. The summed E-state index contributed by atoms with van der Waals surface area (Å²) in [5, 5.41) is 23.0. The van der Waals surface area contributed by atoms with Gasteiger partial charge in [-0.3, -0.25) is 20.3 Å². The largest absolute Gasteiger partial charge is 0.480 e. The molecule has 0 bridgehead atoms. The zero-order valence-corrected chi connectivity index (χ0v) is 19.8. The number of carbonyl (C=O) groups excluding carboxylic acids is 1. The summed E-state index contributed by atoms with van der Waals surface area (Å²) in [6, 6.07) is 12.8. The van der Waals surface area contributed by atoms with Gasteiger partial charge in [0.25, 0.3) is 0 Å². The number of carboxylic acids is 1. The number of hydrogen-bond donors (Lipinski definition) is 5. The number of nitrogens with two attached hydrogens (primary N) is 1. The van der Waals surface area contributed by atoms with Crippen molar-refractivity contribution in [3.8, 4) is 0 Å². The molecule has 0 fully saturated rings. The molecule has 10 heteroatoms. The van der Waals surface area contributed by atoms with Gasteiger partial charge in [-0.1, -0.05) is 12.1 Å². The van der Waals surface area contributed by atoms with Crippen molar-refractivity contribution in [3.05, 3.63) is 59.4 Å². The van der Waals surface area contributed by atoms with Gasteiger partial charge >= 0.3 is 5.97 Å². The van der Waals surface area contributed by atoms with Crippen molar-refractivity contribution in [1.82, 2.24) is 19.8 Å². The Bertz CT molecular complexity index is 1220. The predicted octanol–water partition coefficient (Wildman–Crippen LogP) is 1.84. The minimum atomic E-state index is -1.27. The van der Waals surface area contributed by atoms with Gasteiger partial charge in [0.2, 0.25) is 5.91 Å². The molecule has 1 amide bonds. The summed E-state index contributed by atoms with van der Waals surface area (Å²) in [6.07, 6.45) is 0. The number of carboxylic acid groups (broad SMARTS) is 1. The van der Waals surface area contributed by atoms with Crippen molar-refractivity contribution in [2.75, 3.05) is 25.5 Å². The monoisotopic (exact) mass is 465 g/mol. The molecule has 2 aromatic carbocycles. The molecule has 0 aliphatic rings. The van der Waals surface area contributed by atoms with Gasteiger partial charge in [-0.15, -0.1) is 0 Å². The highest BCUT2D eigenvalue weighted by Crippen LogP contribution is 2.30. The number of hydrogen-bond acceptors (Lipinski definition) is 6. The zero-order valence-electron chi connectivity index (χ0n) is 19.8. The number of carbonyl (C=O) groups is 2. The number of imidazole rings is 1. The van der Waals surface area contributed by atoms with Crippen molar-refractivity contribution < 1.29 is 14.7 Å². The molecule has 0 aliphatic heterocycles. The van der Waals surface area contributed by atoms with E-state index in [-0.39, 0.29) is 18.3 Å². The van der Waals surface area contributed by atoms with Crippen molar-refractivity contribution in [3.63, 3.8) is 0 Å². The molecule has 34 heavy (non-hydrogen) atoms. The maximum Gasteiger partial charge on any atom is 0.317 e. The van der Waals surface area contributed by atoms with Gasteiger partial charge in [0, 0.05) is 37.5 Å². The molecule has 1 heterocycles. The number of anilines is 1. The number of nitrogens with zero attached hydrogens (tertiary/aromatic N) is 3. The van der Waals surface area contributed by atoms with Gasteiger partial charge in [0.15, 0.2) is 0 Å². The van der Waals surface area contributed by atoms with Crippen molar-refractivity contribution in [1.29, 1.82) is 5.41 Å². The van der Waals surface area contributed by atoms with E-state index >= 15 is 0 Å². The van der Waals surface area contributed by atoms with Crippen LogP contribution in [0.15, 0.2) is 42.5 Å². The van der Waals surface area contributed by atoms with Gasteiger partial charge in [-0.05, 0) is 44.2 Å². The Morgan fingerprint density at radius 1 is 1.24 bits per heavy atom. The summed E-state index contributed by atoms with van der Waals surface area (Å²) in [5.74, 6) is -0.529. The van der Waals surface area contributed by atoms with Crippen LogP contribution in [0.2, 0.25) is 0 Å². The molecule has 10 nitrogen and oxygen atoms in total. The number of fused-ring (bicyclic) bond motifs is 1. The lowest BCUT2D eigenvalue weighted by Crippen LogP contribution is -2.54. The van der Waals surface area contributed by atoms with Gasteiger partial charge < -0.3 is 25.6 Å². The number of amides is 1. The van der Waals surface area contributed by atoms with Crippen LogP contribution < -0.4 is 16.4 Å². The topological polar surface area (TPSA) is 149 Å². The second kappa shape index (κ2) is 9.92. The number of aryl methyl sites for hydroxylation is 1. The van der Waals surface area contributed by atoms with E-state index in [1.165, 1.54) is 0 Å². The van der Waals surface area contributed by atoms with E-state index in [9.17, 15) is 14.7 Å². The van der Waals surface area contributed by atoms with Gasteiger partial charge in [0.05, 0.1) is 24.1 Å². The first-order valence-corrected chi connectivity index (χ1v) is 10.9. The zero-order chi connectivity index (χ0) is 25.0. The van der Waals surface area contributed by atoms with Crippen LogP contribution in [0.1, 0.15) is 30.8 Å². The third-order valence-electron chi connectivity index (χ3n) is 6.03. The Morgan fingerprint density at radius 3 is 2.50 bits per heavy atom. The Morgan fingerprint density at radius 2 is 1.91 bits per heavy atom. The molecule has 0 unspecified atom stereocenters. The Labute approximate surface area is 198 Å². The van der Waals surface area contributed by atoms with Gasteiger partial charge in [-0.25, -0.2) is 4.98 Å². The molecule has 3 rings (SSSR count). The third-order valence-corrected chi connectivity index (χ3v) is 6.03. The van der Waals surface area contributed by atoms with E-state index in [1.54, 1.807) is 31.0 Å². The first kappa shape index (κ1) is 24.7. The summed E-state index contributed by atoms with van der Waals surface area (Å²) in [4.78, 5) is 31.0. The molecule has 0 spiro atoms. The predicted molar refractivity (Wildman–Crippen MR) is 132 cm³/mol. The Balaban J connectivity index is 1.98. The first-order valence-electron chi connectivity index (χ1n) is 10.9. The number of amidine groups is 1. The molecule has 1 atom stereocenters. The average molecular weight is 466 g/mol. The van der Waals surface area contributed by atoms with Gasteiger partial charge in [-0.2, -0.15) is 0 Å². The molecular weight excluding hydrogens is 434 g/mol. The highest BCUT2D eigenvalue weighted by Gasteiger charge is 2.39. The number of likely N-dealkylation sites (N-methyl/N-ethyl adjacent to an activating group) is 1. The van der Waals surface area contributed by atoms with Crippen LogP contribution in [0.3, 0.4) is 0 Å². The first-order chi connectivity index (χ1) is 16.1. The number of nitrogen functional groups attached to an aromatic ring is 1. The normalized spacial score (nSPS) is 12.8. The summed E-state index contributed by atoms with van der Waals surface area (Å²) >= 11 is 0. The Kier molecular flexibility index (Phi) is 7.21. The smallest absolute Gasteiger partial charge is 0.317 e. The van der Waals surface area contributed by atoms with Crippen molar-refractivity contribution in [2.45, 2.75) is 25.9 Å². The van der Waals surface area contributed by atoms with Crippen LogP contribution in [-0.2, 0) is 28.7 Å². The molecule has 0 aliphatic carbocycles. The molecule has 180 valence electrons. The maximum absolute atomic E-state index is 13.3. The minimum Gasteiger partial charge on any atom is -0.480 e. The van der Waals surface area contributed by atoms with E-state index in [0.717, 1.165) is 17.0 Å². The lowest BCUT2D eigenvalue weighted by atomic mass is 9.89. The van der Waals surface area contributed by atoms with Crippen LogP contribution in [0.5, 0.6) is 0 Å². The van der Waals surface area contributed by atoms with Crippen LogP contribution in [0.25, 0.3) is 11.0 Å². The number of benzene rings is 2. The second-order valence-electron chi connectivity index (χ2n) is 8.30. The van der Waals surface area contributed by atoms with Crippen LogP contribution in [0.4, 0.5) is 5.69 Å². The summed E-state index contributed by atoms with van der Waals surface area (Å²) < 4.78 is 1.95. The van der Waals surface area contributed by atoms with Crippen LogP contribution in [0, 0.1) is 5.41 Å². The Hall–Kier alpha value is -3.92. The number of rotatable bonds is 10. The standard InChI is InChI=1S/C24H31N7O3/c1-5-30(3)23(34)24(2,28-14-20(32)33)17-7-6-8-18-21(17)29-19(31(18)4)13-27-16-11-9-15(10-12-16)22(25)26/h6-12,27-28H,5,13-14H2,1-4H3,(H3,25,26)(H,32,33)/t24-/m0/s1. The van der Waals surface area contributed by atoms with E-state index in [4.69, 9.17) is 16.1 Å². The number of aromatic nitrogens is 2. The van der Waals surface area contributed by atoms with E-state index in [1.807, 2.05) is 48.9 Å². The number of aliphatic carboxylic acids is 1. The van der Waals surface area contributed by atoms with Crippen LogP contribution in [-0.4, -0.2) is 57.4 Å². The molecule has 0 saturated carbocycles. The van der Waals surface area contributed by atoms with Crippen molar-refractivity contribution in [2.24, 2.45) is 12.8 Å². The fourth-order valence-corrected chi connectivity index (χ4v) is 3.84. The summed E-state index contributed by atoms with van der Waals surface area (Å²) in [7, 11) is 3.59. The summed E-state index contributed by atoms with van der Waals surface area (Å²) in [5.41, 5.74) is 7.81.